The lowest BCUT2D eigenvalue weighted by molar-refractivity contribution is -0.143. The third-order valence-electron chi connectivity index (χ3n) is 6.52. The van der Waals surface area contributed by atoms with Gasteiger partial charge in [0.15, 0.2) is 0 Å². The molecule has 1 aromatic heterocycles. The Kier molecular flexibility index (Phi) is 8.13. The topological polar surface area (TPSA) is 89.4 Å². The summed E-state index contributed by atoms with van der Waals surface area (Å²) >= 11 is 0. The van der Waals surface area contributed by atoms with Crippen LogP contribution in [-0.2, 0) is 22.7 Å². The van der Waals surface area contributed by atoms with E-state index in [9.17, 15) is 9.59 Å². The van der Waals surface area contributed by atoms with Crippen LogP contribution in [0, 0.1) is 5.92 Å². The monoisotopic (exact) mass is 475 g/mol. The summed E-state index contributed by atoms with van der Waals surface area (Å²) in [6, 6.07) is 15.4. The van der Waals surface area contributed by atoms with E-state index in [2.05, 4.69) is 28.4 Å². The molecule has 1 aliphatic rings. The van der Waals surface area contributed by atoms with Crippen LogP contribution in [-0.4, -0.2) is 45.1 Å². The molecule has 0 bridgehead atoms. The van der Waals surface area contributed by atoms with Crippen LogP contribution in [0.1, 0.15) is 55.3 Å². The molecule has 0 aliphatic carbocycles. The summed E-state index contributed by atoms with van der Waals surface area (Å²) < 4.78 is 7.38. The van der Waals surface area contributed by atoms with Crippen molar-refractivity contribution in [3.63, 3.8) is 0 Å². The first-order chi connectivity index (χ1) is 17.1. The second-order valence-electron chi connectivity index (χ2n) is 8.90. The first-order valence-electron chi connectivity index (χ1n) is 12.2. The minimum absolute atomic E-state index is 0.0448. The summed E-state index contributed by atoms with van der Waals surface area (Å²) in [6.45, 7) is 3.77. The van der Waals surface area contributed by atoms with Gasteiger partial charge in [0.1, 0.15) is 18.4 Å². The molecule has 2 amide bonds. The zero-order chi connectivity index (χ0) is 24.6. The first-order valence-corrected chi connectivity index (χ1v) is 12.2. The van der Waals surface area contributed by atoms with Crippen LogP contribution in [0.15, 0.2) is 61.2 Å². The maximum atomic E-state index is 13.5. The maximum Gasteiger partial charge on any atom is 0.225 e. The Bertz CT molecular complexity index is 1130. The fourth-order valence-corrected chi connectivity index (χ4v) is 4.77. The van der Waals surface area contributed by atoms with Gasteiger partial charge in [0.05, 0.1) is 25.6 Å². The van der Waals surface area contributed by atoms with Crippen LogP contribution in [0.3, 0.4) is 0 Å². The Morgan fingerprint density at radius 3 is 2.77 bits per heavy atom. The van der Waals surface area contributed by atoms with Crippen molar-refractivity contribution in [1.29, 1.82) is 0 Å². The normalized spacial score (nSPS) is 17.9. The van der Waals surface area contributed by atoms with Crippen molar-refractivity contribution in [3.05, 3.63) is 77.9 Å². The highest BCUT2D eigenvalue weighted by Crippen LogP contribution is 2.40. The van der Waals surface area contributed by atoms with Crippen molar-refractivity contribution < 1.29 is 14.3 Å². The Labute approximate surface area is 206 Å². The second-order valence-corrected chi connectivity index (χ2v) is 8.90. The summed E-state index contributed by atoms with van der Waals surface area (Å²) in [5.41, 5.74) is 2.98. The highest BCUT2D eigenvalue weighted by Gasteiger charge is 2.41. The van der Waals surface area contributed by atoms with Crippen molar-refractivity contribution in [1.82, 2.24) is 25.0 Å². The predicted molar refractivity (Wildman–Crippen MR) is 132 cm³/mol. The van der Waals surface area contributed by atoms with Crippen molar-refractivity contribution in [2.24, 2.45) is 5.92 Å². The quantitative estimate of drug-likeness (QED) is 0.483. The molecule has 1 N–H and O–H groups in total. The van der Waals surface area contributed by atoms with Gasteiger partial charge in [-0.3, -0.25) is 9.59 Å². The van der Waals surface area contributed by atoms with Gasteiger partial charge in [-0.05, 0) is 30.0 Å². The number of amides is 2. The zero-order valence-corrected chi connectivity index (χ0v) is 20.4. The van der Waals surface area contributed by atoms with Crippen LogP contribution in [0.5, 0.6) is 5.75 Å². The number of hydrogen-bond donors (Lipinski definition) is 1. The van der Waals surface area contributed by atoms with E-state index in [0.717, 1.165) is 29.5 Å². The van der Waals surface area contributed by atoms with E-state index < -0.39 is 0 Å². The predicted octanol–water partition coefficient (Wildman–Crippen LogP) is 3.73. The molecule has 1 aliphatic heterocycles. The van der Waals surface area contributed by atoms with E-state index in [1.165, 1.54) is 6.33 Å². The Morgan fingerprint density at radius 2 is 2.00 bits per heavy atom. The Hall–Kier alpha value is -3.68. The van der Waals surface area contributed by atoms with Crippen molar-refractivity contribution >= 4 is 11.8 Å². The molecule has 184 valence electrons. The van der Waals surface area contributed by atoms with E-state index in [1.54, 1.807) is 18.1 Å². The number of para-hydroxylation sites is 1. The standard InChI is InChI=1S/C27H33N5O3/c1-3-4-14-32-25(33)13-12-23(26(32)22-10-5-6-11-24(22)35-2)27(34)29-16-20-8-7-9-21(15-20)17-31-19-28-18-30-31/h5-11,15,18-19,23,26H,3-4,12-14,16-17H2,1-2H3,(H,29,34). The molecule has 35 heavy (non-hydrogen) atoms. The van der Waals surface area contributed by atoms with Gasteiger partial charge < -0.3 is 15.0 Å². The van der Waals surface area contributed by atoms with Gasteiger partial charge in [-0.2, -0.15) is 5.10 Å². The molecule has 8 nitrogen and oxygen atoms in total. The minimum Gasteiger partial charge on any atom is -0.496 e. The van der Waals surface area contributed by atoms with Gasteiger partial charge in [0.2, 0.25) is 11.8 Å². The molecule has 1 fully saturated rings. The van der Waals surface area contributed by atoms with Gasteiger partial charge in [0, 0.05) is 25.1 Å². The van der Waals surface area contributed by atoms with Gasteiger partial charge in [0.25, 0.3) is 0 Å². The van der Waals surface area contributed by atoms with Crippen LogP contribution < -0.4 is 10.1 Å². The van der Waals surface area contributed by atoms with E-state index >= 15 is 0 Å². The molecule has 1 saturated heterocycles. The highest BCUT2D eigenvalue weighted by atomic mass is 16.5. The first kappa shape index (κ1) is 24.4. The number of rotatable bonds is 10. The van der Waals surface area contributed by atoms with Gasteiger partial charge in [-0.15, -0.1) is 0 Å². The number of nitrogens with zero attached hydrogens (tertiary/aromatic N) is 4. The molecule has 4 rings (SSSR count). The smallest absolute Gasteiger partial charge is 0.225 e. The third kappa shape index (κ3) is 5.88. The second kappa shape index (κ2) is 11.6. The molecule has 3 aromatic rings. The van der Waals surface area contributed by atoms with E-state index in [1.807, 2.05) is 47.4 Å². The lowest BCUT2D eigenvalue weighted by atomic mass is 9.83. The number of hydrogen-bond acceptors (Lipinski definition) is 5. The number of carbonyl (C=O) groups is 2. The van der Waals surface area contributed by atoms with Crippen molar-refractivity contribution in [2.45, 2.75) is 51.7 Å². The molecule has 8 heteroatoms. The number of methoxy groups -OCH3 is 1. The molecule has 0 radical (unpaired) electrons. The molecule has 2 atom stereocenters. The molecule has 0 saturated carbocycles. The summed E-state index contributed by atoms with van der Waals surface area (Å²) in [4.78, 5) is 32.3. The number of likely N-dealkylation sites (tertiary alicyclic amines) is 1. The molecular formula is C27H33N5O3. The number of carbonyl (C=O) groups excluding carboxylic acids is 2. The van der Waals surface area contributed by atoms with Crippen molar-refractivity contribution in [3.8, 4) is 5.75 Å². The van der Waals surface area contributed by atoms with Gasteiger partial charge in [-0.25, -0.2) is 9.67 Å². The van der Waals surface area contributed by atoms with Crippen molar-refractivity contribution in [2.75, 3.05) is 13.7 Å². The lowest BCUT2D eigenvalue weighted by Crippen LogP contribution is -2.48. The number of benzene rings is 2. The molecular weight excluding hydrogens is 442 g/mol. The van der Waals surface area contributed by atoms with Crippen LogP contribution in [0.4, 0.5) is 0 Å². The van der Waals surface area contributed by atoms with Gasteiger partial charge in [-0.1, -0.05) is 55.8 Å². The number of unbranched alkanes of at least 4 members (excludes halogenated alkanes) is 1. The Morgan fingerprint density at radius 1 is 1.17 bits per heavy atom. The number of nitrogens with one attached hydrogen (secondary N) is 1. The minimum atomic E-state index is -0.349. The van der Waals surface area contributed by atoms with Crippen LogP contribution in [0.25, 0.3) is 0 Å². The molecule has 2 unspecified atom stereocenters. The summed E-state index contributed by atoms with van der Waals surface area (Å²) in [6.07, 6.45) is 5.96. The van der Waals surface area contributed by atoms with Gasteiger partial charge >= 0.3 is 0 Å². The summed E-state index contributed by atoms with van der Waals surface area (Å²) in [5, 5.41) is 7.29. The SMILES string of the molecule is CCCCN1C(=O)CCC(C(=O)NCc2cccc(Cn3cncn3)c2)C1c1ccccc1OC. The lowest BCUT2D eigenvalue weighted by Gasteiger charge is -2.41. The van der Waals surface area contributed by atoms with Crippen LogP contribution in [0.2, 0.25) is 0 Å². The fraction of sp³-hybridized carbons (Fsp3) is 0.407. The fourth-order valence-electron chi connectivity index (χ4n) is 4.77. The molecule has 2 heterocycles. The third-order valence-corrected chi connectivity index (χ3v) is 6.52. The number of aromatic nitrogens is 3. The summed E-state index contributed by atoms with van der Waals surface area (Å²) in [5.74, 6) is 0.405. The van der Waals surface area contributed by atoms with E-state index in [-0.39, 0.29) is 23.8 Å². The maximum absolute atomic E-state index is 13.5. The molecule has 0 spiro atoms. The number of piperidine rings is 1. The highest BCUT2D eigenvalue weighted by molar-refractivity contribution is 5.85. The summed E-state index contributed by atoms with van der Waals surface area (Å²) in [7, 11) is 1.63. The van der Waals surface area contributed by atoms with E-state index in [0.29, 0.717) is 38.2 Å². The van der Waals surface area contributed by atoms with Crippen LogP contribution >= 0.6 is 0 Å². The average Bonchev–Trinajstić information content (AvgIpc) is 3.39. The molecule has 2 aromatic carbocycles. The zero-order valence-electron chi connectivity index (χ0n) is 20.4. The van der Waals surface area contributed by atoms with E-state index in [4.69, 9.17) is 4.74 Å². The Balaban J connectivity index is 1.52. The number of ether oxygens (including phenoxy) is 1. The average molecular weight is 476 g/mol. The largest absolute Gasteiger partial charge is 0.496 e.